The Morgan fingerprint density at radius 3 is 2.59 bits per heavy atom. The van der Waals surface area contributed by atoms with Gasteiger partial charge in [-0.3, -0.25) is 4.98 Å². The molecule has 0 aliphatic rings. The van der Waals surface area contributed by atoms with Crippen LogP contribution in [0.2, 0.25) is 10.0 Å². The number of nitrogens with zero attached hydrogens (tertiary/aromatic N) is 2. The summed E-state index contributed by atoms with van der Waals surface area (Å²) < 4.78 is 0. The van der Waals surface area contributed by atoms with Crippen molar-refractivity contribution in [1.82, 2.24) is 9.97 Å². The third-order valence-electron chi connectivity index (χ3n) is 2.39. The van der Waals surface area contributed by atoms with Crippen molar-refractivity contribution in [2.75, 3.05) is 0 Å². The molecule has 0 spiro atoms. The van der Waals surface area contributed by atoms with Crippen LogP contribution in [0.15, 0.2) is 31.0 Å². The fraction of sp³-hybridized carbons (Fsp3) is 0.0769. The summed E-state index contributed by atoms with van der Waals surface area (Å²) in [5.41, 5.74) is 2.76. The zero-order valence-corrected chi connectivity index (χ0v) is 10.8. The van der Waals surface area contributed by atoms with Gasteiger partial charge in [-0.15, -0.1) is 0 Å². The van der Waals surface area contributed by atoms with Gasteiger partial charge in [0.2, 0.25) is 0 Å². The molecule has 0 radical (unpaired) electrons. The largest absolute Gasteiger partial charge is 0.255 e. The Labute approximate surface area is 110 Å². The third kappa shape index (κ3) is 2.19. The molecule has 0 aliphatic heterocycles. The van der Waals surface area contributed by atoms with Gasteiger partial charge in [-0.25, -0.2) is 4.98 Å². The average molecular weight is 265 g/mol. The van der Waals surface area contributed by atoms with Crippen LogP contribution in [-0.4, -0.2) is 9.97 Å². The van der Waals surface area contributed by atoms with E-state index in [0.29, 0.717) is 27.0 Å². The van der Waals surface area contributed by atoms with Crippen LogP contribution < -0.4 is 0 Å². The number of pyridine rings is 2. The second-order valence-electron chi connectivity index (χ2n) is 3.51. The molecule has 0 saturated carbocycles. The van der Waals surface area contributed by atoms with Gasteiger partial charge in [0.25, 0.3) is 0 Å². The molecule has 0 saturated heterocycles. The van der Waals surface area contributed by atoms with E-state index in [1.165, 1.54) is 0 Å². The summed E-state index contributed by atoms with van der Waals surface area (Å²) in [5, 5.41) is 1.01. The smallest absolute Gasteiger partial charge is 0.108 e. The molecular weight excluding hydrogens is 255 g/mol. The minimum atomic E-state index is 0.481. The SMILES string of the molecule is C=Cc1c(Cl)c(C)nc(-c2ccccn2)c1Cl. The Bertz CT molecular complexity index is 565. The highest BCUT2D eigenvalue weighted by Crippen LogP contribution is 2.34. The van der Waals surface area contributed by atoms with E-state index in [-0.39, 0.29) is 0 Å². The second kappa shape index (κ2) is 4.86. The summed E-state index contributed by atoms with van der Waals surface area (Å²) in [6.07, 6.45) is 3.33. The van der Waals surface area contributed by atoms with Crippen molar-refractivity contribution >= 4 is 29.3 Å². The van der Waals surface area contributed by atoms with Crippen LogP contribution in [0.3, 0.4) is 0 Å². The molecule has 0 unspecified atom stereocenters. The molecule has 2 aromatic rings. The van der Waals surface area contributed by atoms with Crippen LogP contribution in [0.25, 0.3) is 17.5 Å². The Kier molecular flexibility index (Phi) is 3.46. The second-order valence-corrected chi connectivity index (χ2v) is 4.26. The predicted molar refractivity (Wildman–Crippen MR) is 72.3 cm³/mol. The lowest BCUT2D eigenvalue weighted by Crippen LogP contribution is -1.95. The lowest BCUT2D eigenvalue weighted by molar-refractivity contribution is 1.17. The first-order chi connectivity index (χ1) is 8.15. The molecule has 0 amide bonds. The van der Waals surface area contributed by atoms with E-state index in [4.69, 9.17) is 23.2 Å². The maximum Gasteiger partial charge on any atom is 0.108 e. The number of aryl methyl sites for hydroxylation is 1. The molecule has 0 aromatic carbocycles. The van der Waals surface area contributed by atoms with Crippen LogP contribution in [0.4, 0.5) is 0 Å². The van der Waals surface area contributed by atoms with Crippen LogP contribution in [0.1, 0.15) is 11.3 Å². The molecule has 2 heterocycles. The van der Waals surface area contributed by atoms with E-state index in [9.17, 15) is 0 Å². The van der Waals surface area contributed by atoms with Crippen molar-refractivity contribution in [2.24, 2.45) is 0 Å². The van der Waals surface area contributed by atoms with Gasteiger partial charge in [-0.2, -0.15) is 0 Å². The van der Waals surface area contributed by atoms with E-state index in [1.807, 2.05) is 25.1 Å². The van der Waals surface area contributed by atoms with Gasteiger partial charge in [-0.05, 0) is 19.1 Å². The van der Waals surface area contributed by atoms with Gasteiger partial charge in [0.05, 0.1) is 21.4 Å². The molecule has 0 N–H and O–H groups in total. The first-order valence-electron chi connectivity index (χ1n) is 5.04. The van der Waals surface area contributed by atoms with Gasteiger partial charge in [-0.1, -0.05) is 41.9 Å². The number of rotatable bonds is 2. The zero-order chi connectivity index (χ0) is 12.4. The summed E-state index contributed by atoms with van der Waals surface area (Å²) in [6.45, 7) is 5.54. The standard InChI is InChI=1S/C13H10Cl2N2/c1-3-9-11(14)8(2)17-13(12(9)15)10-6-4-5-7-16-10/h3-7H,1H2,2H3. The summed E-state index contributed by atoms with van der Waals surface area (Å²) >= 11 is 12.4. The molecule has 17 heavy (non-hydrogen) atoms. The van der Waals surface area contributed by atoms with Gasteiger partial charge in [0.15, 0.2) is 0 Å². The normalized spacial score (nSPS) is 10.3. The zero-order valence-electron chi connectivity index (χ0n) is 9.24. The fourth-order valence-corrected chi connectivity index (χ4v) is 2.11. The summed E-state index contributed by atoms with van der Waals surface area (Å²) in [6, 6.07) is 5.58. The number of hydrogen-bond acceptors (Lipinski definition) is 2. The number of hydrogen-bond donors (Lipinski definition) is 0. The van der Waals surface area contributed by atoms with Crippen molar-refractivity contribution in [1.29, 1.82) is 0 Å². The third-order valence-corrected chi connectivity index (χ3v) is 3.25. The number of halogens is 2. The summed E-state index contributed by atoms with van der Waals surface area (Å²) in [7, 11) is 0. The maximum atomic E-state index is 6.26. The van der Waals surface area contributed by atoms with Crippen LogP contribution in [0, 0.1) is 6.92 Å². The minimum absolute atomic E-state index is 0.481. The van der Waals surface area contributed by atoms with Crippen LogP contribution in [-0.2, 0) is 0 Å². The Morgan fingerprint density at radius 2 is 2.00 bits per heavy atom. The van der Waals surface area contributed by atoms with Crippen molar-refractivity contribution in [3.05, 3.63) is 52.3 Å². The van der Waals surface area contributed by atoms with Crippen LogP contribution in [0.5, 0.6) is 0 Å². The topological polar surface area (TPSA) is 25.8 Å². The lowest BCUT2D eigenvalue weighted by Gasteiger charge is -2.10. The van der Waals surface area contributed by atoms with Crippen molar-refractivity contribution in [3.8, 4) is 11.4 Å². The maximum absolute atomic E-state index is 6.26. The van der Waals surface area contributed by atoms with Gasteiger partial charge < -0.3 is 0 Å². The summed E-state index contributed by atoms with van der Waals surface area (Å²) in [4.78, 5) is 8.61. The summed E-state index contributed by atoms with van der Waals surface area (Å²) in [5.74, 6) is 0. The highest BCUT2D eigenvalue weighted by molar-refractivity contribution is 6.38. The lowest BCUT2D eigenvalue weighted by atomic mass is 10.1. The molecule has 0 fully saturated rings. The Balaban J connectivity index is 2.72. The quantitative estimate of drug-likeness (QED) is 0.804. The fourth-order valence-electron chi connectivity index (χ4n) is 1.54. The Morgan fingerprint density at radius 1 is 1.24 bits per heavy atom. The molecule has 2 rings (SSSR count). The van der Waals surface area contributed by atoms with Crippen LogP contribution >= 0.6 is 23.2 Å². The highest BCUT2D eigenvalue weighted by Gasteiger charge is 2.14. The molecule has 86 valence electrons. The Hall–Kier alpha value is -1.38. The van der Waals surface area contributed by atoms with E-state index >= 15 is 0 Å². The first kappa shape index (κ1) is 12.1. The van der Waals surface area contributed by atoms with Crippen molar-refractivity contribution in [3.63, 3.8) is 0 Å². The van der Waals surface area contributed by atoms with Gasteiger partial charge in [0.1, 0.15) is 5.69 Å². The van der Waals surface area contributed by atoms with E-state index in [2.05, 4.69) is 16.5 Å². The molecule has 2 aromatic heterocycles. The van der Waals surface area contributed by atoms with Crippen molar-refractivity contribution < 1.29 is 0 Å². The number of aromatic nitrogens is 2. The monoisotopic (exact) mass is 264 g/mol. The molecular formula is C13H10Cl2N2. The molecule has 4 heteroatoms. The molecule has 0 aliphatic carbocycles. The first-order valence-corrected chi connectivity index (χ1v) is 5.80. The molecule has 0 atom stereocenters. The van der Waals surface area contributed by atoms with E-state index in [0.717, 1.165) is 5.69 Å². The van der Waals surface area contributed by atoms with Gasteiger partial charge in [0, 0.05) is 11.8 Å². The minimum Gasteiger partial charge on any atom is -0.255 e. The average Bonchev–Trinajstić information content (AvgIpc) is 2.36. The highest BCUT2D eigenvalue weighted by atomic mass is 35.5. The van der Waals surface area contributed by atoms with E-state index < -0.39 is 0 Å². The predicted octanol–water partition coefficient (Wildman–Crippen LogP) is 4.40. The van der Waals surface area contributed by atoms with Crippen molar-refractivity contribution in [2.45, 2.75) is 6.92 Å². The van der Waals surface area contributed by atoms with E-state index in [1.54, 1.807) is 12.3 Å². The van der Waals surface area contributed by atoms with Gasteiger partial charge >= 0.3 is 0 Å². The molecule has 2 nitrogen and oxygen atoms in total. The molecule has 0 bridgehead atoms.